The molecule has 1 heterocycles. The fourth-order valence-corrected chi connectivity index (χ4v) is 1.97. The molecule has 1 unspecified atom stereocenters. The first-order valence-electron chi connectivity index (χ1n) is 5.77. The molecule has 100 valence electrons. The Morgan fingerprint density at radius 2 is 2.11 bits per heavy atom. The van der Waals surface area contributed by atoms with Gasteiger partial charge in [0, 0.05) is 11.8 Å². The van der Waals surface area contributed by atoms with Crippen LogP contribution in [0.25, 0.3) is 0 Å². The van der Waals surface area contributed by atoms with Crippen LogP contribution in [0.15, 0.2) is 30.5 Å². The molecule has 2 rings (SSSR count). The second-order valence-corrected chi connectivity index (χ2v) is 4.22. The number of aliphatic hydroxyl groups is 1. The number of pyridine rings is 1. The van der Waals surface area contributed by atoms with Crippen LogP contribution in [0.5, 0.6) is 5.75 Å². The molecule has 0 aliphatic rings. The summed E-state index contributed by atoms with van der Waals surface area (Å²) in [6, 6.07) is 6.04. The van der Waals surface area contributed by atoms with Crippen molar-refractivity contribution in [3.8, 4) is 5.75 Å². The molecule has 19 heavy (non-hydrogen) atoms. The lowest BCUT2D eigenvalue weighted by molar-refractivity contribution is 0.219. The summed E-state index contributed by atoms with van der Waals surface area (Å²) < 4.78 is 18.5. The molecule has 0 spiro atoms. The number of methoxy groups -OCH3 is 1. The number of ether oxygens (including phenoxy) is 1. The molecule has 3 N–H and O–H groups in total. The smallest absolute Gasteiger partial charge is 0.165 e. The van der Waals surface area contributed by atoms with Gasteiger partial charge >= 0.3 is 0 Å². The van der Waals surface area contributed by atoms with Crippen molar-refractivity contribution in [3.05, 3.63) is 53.0 Å². The quantitative estimate of drug-likeness (QED) is 0.889. The van der Waals surface area contributed by atoms with Gasteiger partial charge in [-0.1, -0.05) is 6.07 Å². The van der Waals surface area contributed by atoms with Crippen molar-refractivity contribution in [2.45, 2.75) is 13.0 Å². The molecule has 2 aromatic rings. The number of anilines is 1. The van der Waals surface area contributed by atoms with E-state index in [2.05, 4.69) is 4.98 Å². The van der Waals surface area contributed by atoms with Crippen molar-refractivity contribution in [1.82, 2.24) is 4.98 Å². The number of hydrogen-bond donors (Lipinski definition) is 2. The minimum atomic E-state index is -1.02. The molecule has 0 saturated heterocycles. The lowest BCUT2D eigenvalue weighted by Gasteiger charge is -2.16. The van der Waals surface area contributed by atoms with Gasteiger partial charge in [0.25, 0.3) is 0 Å². The fraction of sp³-hybridized carbons (Fsp3) is 0.214. The number of benzene rings is 1. The average Bonchev–Trinajstić information content (AvgIpc) is 2.38. The highest BCUT2D eigenvalue weighted by Gasteiger charge is 2.18. The highest BCUT2D eigenvalue weighted by Crippen LogP contribution is 2.30. The van der Waals surface area contributed by atoms with Crippen molar-refractivity contribution >= 4 is 5.82 Å². The first-order chi connectivity index (χ1) is 9.04. The third-order valence-corrected chi connectivity index (χ3v) is 3.00. The summed E-state index contributed by atoms with van der Waals surface area (Å²) in [5.74, 6) is -0.158. The summed E-state index contributed by atoms with van der Waals surface area (Å²) >= 11 is 0. The SMILES string of the molecule is COc1ccc(C(O)c2c(C)ccnc2N)cc1F. The molecule has 0 fully saturated rings. The van der Waals surface area contributed by atoms with Crippen molar-refractivity contribution in [3.63, 3.8) is 0 Å². The molecule has 1 atom stereocenters. The van der Waals surface area contributed by atoms with Gasteiger partial charge in [-0.2, -0.15) is 0 Å². The number of nitrogens with two attached hydrogens (primary N) is 1. The van der Waals surface area contributed by atoms with Crippen LogP contribution >= 0.6 is 0 Å². The van der Waals surface area contributed by atoms with Gasteiger partial charge in [0.15, 0.2) is 11.6 Å². The minimum Gasteiger partial charge on any atom is -0.494 e. The molecule has 1 aromatic heterocycles. The molecular weight excluding hydrogens is 247 g/mol. The molecule has 4 nitrogen and oxygen atoms in total. The van der Waals surface area contributed by atoms with Gasteiger partial charge in [0.05, 0.1) is 7.11 Å². The fourth-order valence-electron chi connectivity index (χ4n) is 1.97. The number of aliphatic hydroxyl groups excluding tert-OH is 1. The van der Waals surface area contributed by atoms with E-state index in [1.165, 1.54) is 19.2 Å². The Balaban J connectivity index is 2.44. The van der Waals surface area contributed by atoms with E-state index in [9.17, 15) is 9.50 Å². The van der Waals surface area contributed by atoms with E-state index in [-0.39, 0.29) is 11.6 Å². The summed E-state index contributed by atoms with van der Waals surface area (Å²) in [5.41, 5.74) is 7.46. The van der Waals surface area contributed by atoms with E-state index >= 15 is 0 Å². The van der Waals surface area contributed by atoms with Crippen LogP contribution in [0.1, 0.15) is 22.8 Å². The van der Waals surface area contributed by atoms with Crippen LogP contribution in [-0.4, -0.2) is 17.2 Å². The molecule has 0 saturated carbocycles. The van der Waals surface area contributed by atoms with E-state index < -0.39 is 11.9 Å². The lowest BCUT2D eigenvalue weighted by atomic mass is 9.98. The third kappa shape index (κ3) is 2.51. The van der Waals surface area contributed by atoms with Crippen LogP contribution in [0, 0.1) is 12.7 Å². The number of nitrogens with zero attached hydrogens (tertiary/aromatic N) is 1. The zero-order valence-corrected chi connectivity index (χ0v) is 10.7. The number of halogens is 1. The van der Waals surface area contributed by atoms with Crippen LogP contribution in [0.3, 0.4) is 0 Å². The molecule has 0 radical (unpaired) electrons. The van der Waals surface area contributed by atoms with Crippen LogP contribution in [0.4, 0.5) is 10.2 Å². The molecule has 0 aliphatic carbocycles. The Bertz CT molecular complexity index is 582. The third-order valence-electron chi connectivity index (χ3n) is 3.00. The number of hydrogen-bond acceptors (Lipinski definition) is 4. The molecule has 1 aromatic carbocycles. The predicted molar refractivity (Wildman–Crippen MR) is 70.4 cm³/mol. The summed E-state index contributed by atoms with van der Waals surface area (Å²) in [6.45, 7) is 1.82. The first-order valence-corrected chi connectivity index (χ1v) is 5.77. The zero-order valence-electron chi connectivity index (χ0n) is 10.7. The highest BCUT2D eigenvalue weighted by atomic mass is 19.1. The Hall–Kier alpha value is -2.14. The largest absolute Gasteiger partial charge is 0.494 e. The van der Waals surface area contributed by atoms with E-state index in [0.29, 0.717) is 11.1 Å². The maximum atomic E-state index is 13.6. The summed E-state index contributed by atoms with van der Waals surface area (Å²) in [7, 11) is 1.39. The van der Waals surface area contributed by atoms with Crippen LogP contribution in [-0.2, 0) is 0 Å². The zero-order chi connectivity index (χ0) is 14.0. The van der Waals surface area contributed by atoms with Gasteiger partial charge in [-0.15, -0.1) is 0 Å². The highest BCUT2D eigenvalue weighted by molar-refractivity contribution is 5.49. The summed E-state index contributed by atoms with van der Waals surface area (Å²) in [5, 5.41) is 10.3. The van der Waals surface area contributed by atoms with Gasteiger partial charge in [-0.05, 0) is 36.2 Å². The topological polar surface area (TPSA) is 68.4 Å². The Morgan fingerprint density at radius 1 is 1.37 bits per heavy atom. The second kappa shape index (κ2) is 5.24. The normalized spacial score (nSPS) is 12.2. The number of aryl methyl sites for hydroxylation is 1. The standard InChI is InChI=1S/C14H15FN2O2/c1-8-5-6-17-14(16)12(8)13(18)9-3-4-11(19-2)10(15)7-9/h3-7,13,18H,1-2H3,(H2,16,17). The Morgan fingerprint density at radius 3 is 2.68 bits per heavy atom. The predicted octanol–water partition coefficient (Wildman–Crippen LogP) is 2.20. The second-order valence-electron chi connectivity index (χ2n) is 4.22. The van der Waals surface area contributed by atoms with E-state index in [1.54, 1.807) is 18.3 Å². The molecule has 5 heteroatoms. The molecule has 0 bridgehead atoms. The van der Waals surface area contributed by atoms with Crippen molar-refractivity contribution in [2.24, 2.45) is 0 Å². The van der Waals surface area contributed by atoms with E-state index in [4.69, 9.17) is 10.5 Å². The number of rotatable bonds is 3. The lowest BCUT2D eigenvalue weighted by Crippen LogP contribution is -2.08. The summed E-state index contributed by atoms with van der Waals surface area (Å²) in [4.78, 5) is 3.94. The molecule has 0 aliphatic heterocycles. The molecule has 0 amide bonds. The summed E-state index contributed by atoms with van der Waals surface area (Å²) in [6.07, 6.45) is 0.546. The average molecular weight is 262 g/mol. The Labute approximate surface area is 110 Å². The Kier molecular flexibility index (Phi) is 3.66. The van der Waals surface area contributed by atoms with Crippen LogP contribution < -0.4 is 10.5 Å². The maximum Gasteiger partial charge on any atom is 0.165 e. The van der Waals surface area contributed by atoms with Crippen molar-refractivity contribution in [2.75, 3.05) is 12.8 Å². The van der Waals surface area contributed by atoms with Gasteiger partial charge in [-0.25, -0.2) is 9.37 Å². The van der Waals surface area contributed by atoms with Crippen LogP contribution in [0.2, 0.25) is 0 Å². The van der Waals surface area contributed by atoms with E-state index in [1.807, 2.05) is 6.92 Å². The molecular formula is C14H15FN2O2. The number of nitrogen functional groups attached to an aromatic ring is 1. The van der Waals surface area contributed by atoms with Crippen molar-refractivity contribution in [1.29, 1.82) is 0 Å². The first kappa shape index (κ1) is 13.3. The van der Waals surface area contributed by atoms with E-state index in [0.717, 1.165) is 5.56 Å². The van der Waals surface area contributed by atoms with Gasteiger partial charge in [0.1, 0.15) is 11.9 Å². The van der Waals surface area contributed by atoms with Gasteiger partial charge in [-0.3, -0.25) is 0 Å². The monoisotopic (exact) mass is 262 g/mol. The van der Waals surface area contributed by atoms with Crippen molar-refractivity contribution < 1.29 is 14.2 Å². The maximum absolute atomic E-state index is 13.6. The van der Waals surface area contributed by atoms with Gasteiger partial charge < -0.3 is 15.6 Å². The minimum absolute atomic E-state index is 0.131. The number of aromatic nitrogens is 1. The van der Waals surface area contributed by atoms with Gasteiger partial charge in [0.2, 0.25) is 0 Å².